The van der Waals surface area contributed by atoms with E-state index >= 15 is 0 Å². The fraction of sp³-hybridized carbons (Fsp3) is 0.438. The van der Waals surface area contributed by atoms with Crippen molar-refractivity contribution in [1.82, 2.24) is 20.2 Å². The molecule has 1 atom stereocenters. The van der Waals surface area contributed by atoms with E-state index in [1.165, 1.54) is 0 Å². The lowest BCUT2D eigenvalue weighted by Crippen LogP contribution is -2.40. The standard InChI is InChI=1S/C16H19N5O3S/c1-3-21(10(2)22)12-5-7-20(9-12)15-17-6-4-11(18-15)8-13-14(23)19-16(24)25-13/h4,6,8,12H,3,5,7,9H2,1-2H3,(H,19,23,24). The molecule has 0 bridgehead atoms. The highest BCUT2D eigenvalue weighted by molar-refractivity contribution is 8.18. The number of thioether (sulfide) groups is 1. The molecule has 0 radical (unpaired) electrons. The first-order valence-electron chi connectivity index (χ1n) is 8.08. The molecule has 0 saturated carbocycles. The van der Waals surface area contributed by atoms with E-state index in [1.54, 1.807) is 25.3 Å². The molecular formula is C16H19N5O3S. The Morgan fingerprint density at radius 3 is 2.96 bits per heavy atom. The number of hydrogen-bond donors (Lipinski definition) is 1. The van der Waals surface area contributed by atoms with Crippen LogP contribution in [0.1, 0.15) is 26.0 Å². The van der Waals surface area contributed by atoms with Crippen LogP contribution < -0.4 is 10.2 Å². The third-order valence-corrected chi connectivity index (χ3v) is 5.03. The summed E-state index contributed by atoms with van der Waals surface area (Å²) >= 11 is 0.860. The molecule has 0 aliphatic carbocycles. The van der Waals surface area contributed by atoms with Gasteiger partial charge in [0, 0.05) is 32.8 Å². The Morgan fingerprint density at radius 1 is 1.52 bits per heavy atom. The SMILES string of the molecule is CCN(C(C)=O)C1CCN(c2nccc(C=C3SC(=O)NC3=O)n2)C1. The zero-order valence-electron chi connectivity index (χ0n) is 14.1. The van der Waals surface area contributed by atoms with Gasteiger partial charge in [0.05, 0.1) is 16.6 Å². The zero-order valence-corrected chi connectivity index (χ0v) is 14.9. The smallest absolute Gasteiger partial charge is 0.290 e. The minimum absolute atomic E-state index is 0.0719. The lowest BCUT2D eigenvalue weighted by molar-refractivity contribution is -0.130. The van der Waals surface area contributed by atoms with Crippen LogP contribution >= 0.6 is 11.8 Å². The summed E-state index contributed by atoms with van der Waals surface area (Å²) in [6, 6.07) is 1.84. The maximum absolute atomic E-state index is 11.7. The molecule has 2 saturated heterocycles. The first-order chi connectivity index (χ1) is 12.0. The van der Waals surface area contributed by atoms with E-state index in [1.807, 2.05) is 16.7 Å². The molecule has 2 fully saturated rings. The second-order valence-corrected chi connectivity index (χ2v) is 6.84. The monoisotopic (exact) mass is 361 g/mol. The van der Waals surface area contributed by atoms with Crippen LogP contribution in [0.4, 0.5) is 10.7 Å². The average Bonchev–Trinajstić information content (AvgIpc) is 3.15. The molecule has 8 nitrogen and oxygen atoms in total. The Hall–Kier alpha value is -2.42. The van der Waals surface area contributed by atoms with Crippen LogP contribution in [0.5, 0.6) is 0 Å². The molecule has 3 heterocycles. The normalized spacial score (nSPS) is 21.8. The topological polar surface area (TPSA) is 95.5 Å². The van der Waals surface area contributed by atoms with E-state index in [0.29, 0.717) is 29.6 Å². The van der Waals surface area contributed by atoms with Crippen LogP contribution in [0.15, 0.2) is 17.2 Å². The van der Waals surface area contributed by atoms with Crippen molar-refractivity contribution in [2.24, 2.45) is 0 Å². The van der Waals surface area contributed by atoms with E-state index in [-0.39, 0.29) is 17.2 Å². The van der Waals surface area contributed by atoms with Gasteiger partial charge in [-0.1, -0.05) is 0 Å². The van der Waals surface area contributed by atoms with E-state index in [2.05, 4.69) is 15.3 Å². The third kappa shape index (κ3) is 3.81. The molecule has 1 aromatic rings. The van der Waals surface area contributed by atoms with Crippen LogP contribution in [0.25, 0.3) is 6.08 Å². The zero-order chi connectivity index (χ0) is 18.0. The average molecular weight is 361 g/mol. The number of aromatic nitrogens is 2. The number of anilines is 1. The molecule has 9 heteroatoms. The molecule has 1 unspecified atom stereocenters. The number of likely N-dealkylation sites (N-methyl/N-ethyl adjacent to an activating group) is 1. The summed E-state index contributed by atoms with van der Waals surface area (Å²) in [5.74, 6) is 0.227. The van der Waals surface area contributed by atoms with Crippen LogP contribution in [0.3, 0.4) is 0 Å². The van der Waals surface area contributed by atoms with Crippen molar-refractivity contribution >= 4 is 40.8 Å². The summed E-state index contributed by atoms with van der Waals surface area (Å²) in [7, 11) is 0. The van der Waals surface area contributed by atoms with Gasteiger partial charge in [-0.15, -0.1) is 0 Å². The Labute approximate surface area is 149 Å². The van der Waals surface area contributed by atoms with Gasteiger partial charge in [0.2, 0.25) is 11.9 Å². The van der Waals surface area contributed by atoms with Crippen molar-refractivity contribution in [2.45, 2.75) is 26.3 Å². The molecule has 132 valence electrons. The number of carbonyl (C=O) groups excluding carboxylic acids is 3. The van der Waals surface area contributed by atoms with Gasteiger partial charge in [-0.05, 0) is 37.2 Å². The maximum Gasteiger partial charge on any atom is 0.290 e. The second kappa shape index (κ2) is 7.22. The molecule has 1 N–H and O–H groups in total. The van der Waals surface area contributed by atoms with Crippen molar-refractivity contribution in [3.8, 4) is 0 Å². The van der Waals surface area contributed by atoms with Crippen molar-refractivity contribution in [2.75, 3.05) is 24.5 Å². The van der Waals surface area contributed by atoms with Gasteiger partial charge >= 0.3 is 0 Å². The lowest BCUT2D eigenvalue weighted by Gasteiger charge is -2.26. The number of nitrogens with one attached hydrogen (secondary N) is 1. The van der Waals surface area contributed by atoms with Gasteiger partial charge in [0.25, 0.3) is 11.1 Å². The Kier molecular flexibility index (Phi) is 5.03. The van der Waals surface area contributed by atoms with Crippen LogP contribution in [-0.2, 0) is 9.59 Å². The highest BCUT2D eigenvalue weighted by Crippen LogP contribution is 2.26. The minimum Gasteiger partial charge on any atom is -0.339 e. The minimum atomic E-state index is -0.406. The summed E-state index contributed by atoms with van der Waals surface area (Å²) < 4.78 is 0. The number of carbonyl (C=O) groups is 3. The number of amides is 3. The Bertz CT molecular complexity index is 751. The quantitative estimate of drug-likeness (QED) is 0.806. The van der Waals surface area contributed by atoms with Gasteiger partial charge < -0.3 is 9.80 Å². The maximum atomic E-state index is 11.7. The number of imide groups is 1. The lowest BCUT2D eigenvalue weighted by atomic mass is 10.2. The summed E-state index contributed by atoms with van der Waals surface area (Å²) in [5.41, 5.74) is 0.569. The summed E-state index contributed by atoms with van der Waals surface area (Å²) in [6.07, 6.45) is 4.08. The van der Waals surface area contributed by atoms with Crippen LogP contribution in [0.2, 0.25) is 0 Å². The van der Waals surface area contributed by atoms with Gasteiger partial charge in [0.15, 0.2) is 0 Å². The molecule has 0 aromatic carbocycles. The molecule has 2 aliphatic heterocycles. The van der Waals surface area contributed by atoms with Crippen molar-refractivity contribution in [3.05, 3.63) is 22.9 Å². The molecule has 2 aliphatic rings. The summed E-state index contributed by atoms with van der Waals surface area (Å²) in [6.45, 7) is 5.69. The van der Waals surface area contributed by atoms with Gasteiger partial charge in [-0.3, -0.25) is 19.7 Å². The molecule has 3 amide bonds. The molecule has 25 heavy (non-hydrogen) atoms. The largest absolute Gasteiger partial charge is 0.339 e. The Morgan fingerprint density at radius 2 is 2.32 bits per heavy atom. The highest BCUT2D eigenvalue weighted by Gasteiger charge is 2.30. The third-order valence-electron chi connectivity index (χ3n) is 4.22. The number of hydrogen-bond acceptors (Lipinski definition) is 7. The first kappa shape index (κ1) is 17.4. The predicted octanol–water partition coefficient (Wildman–Crippen LogP) is 1.25. The van der Waals surface area contributed by atoms with Gasteiger partial charge in [-0.2, -0.15) is 0 Å². The molecule has 0 spiro atoms. The predicted molar refractivity (Wildman–Crippen MR) is 94.8 cm³/mol. The summed E-state index contributed by atoms with van der Waals surface area (Å²) in [4.78, 5) is 47.6. The van der Waals surface area contributed by atoms with E-state index < -0.39 is 5.91 Å². The van der Waals surface area contributed by atoms with Crippen LogP contribution in [-0.4, -0.2) is 57.6 Å². The molecule has 3 rings (SSSR count). The van der Waals surface area contributed by atoms with Crippen molar-refractivity contribution in [3.63, 3.8) is 0 Å². The van der Waals surface area contributed by atoms with Crippen molar-refractivity contribution in [1.29, 1.82) is 0 Å². The Balaban J connectivity index is 1.74. The highest BCUT2D eigenvalue weighted by atomic mass is 32.2. The van der Waals surface area contributed by atoms with Crippen LogP contribution in [0, 0.1) is 0 Å². The molecular weight excluding hydrogens is 342 g/mol. The number of rotatable bonds is 4. The van der Waals surface area contributed by atoms with E-state index in [4.69, 9.17) is 0 Å². The first-order valence-corrected chi connectivity index (χ1v) is 8.89. The fourth-order valence-corrected chi connectivity index (χ4v) is 3.73. The summed E-state index contributed by atoms with van der Waals surface area (Å²) in [5, 5.41) is 1.84. The van der Waals surface area contributed by atoms with Crippen molar-refractivity contribution < 1.29 is 14.4 Å². The fourth-order valence-electron chi connectivity index (χ4n) is 3.07. The van der Waals surface area contributed by atoms with E-state index in [0.717, 1.165) is 24.7 Å². The number of nitrogens with zero attached hydrogens (tertiary/aromatic N) is 4. The van der Waals surface area contributed by atoms with Gasteiger partial charge in [0.1, 0.15) is 0 Å². The molecule has 1 aromatic heterocycles. The van der Waals surface area contributed by atoms with E-state index in [9.17, 15) is 14.4 Å². The second-order valence-electron chi connectivity index (χ2n) is 5.83. The van der Waals surface area contributed by atoms with Gasteiger partial charge in [-0.25, -0.2) is 9.97 Å².